The number of para-hydroxylation sites is 1. The van der Waals surface area contributed by atoms with Gasteiger partial charge in [-0.1, -0.05) is 49.4 Å². The van der Waals surface area contributed by atoms with Crippen molar-refractivity contribution < 1.29 is 23.2 Å². The lowest BCUT2D eigenvalue weighted by atomic mass is 9.98. The molecular weight excluding hydrogens is 522 g/mol. The Labute approximate surface area is 240 Å². The first-order chi connectivity index (χ1) is 19.1. The van der Waals surface area contributed by atoms with E-state index >= 15 is 0 Å². The van der Waals surface area contributed by atoms with Gasteiger partial charge >= 0.3 is 5.97 Å². The molecule has 0 bridgehead atoms. The molecule has 0 aliphatic rings. The van der Waals surface area contributed by atoms with Crippen LogP contribution < -0.4 is 9.46 Å². The maximum atomic E-state index is 12.7. The molecule has 40 heavy (non-hydrogen) atoms. The molecule has 0 saturated carbocycles. The second-order valence-corrected chi connectivity index (χ2v) is 12.9. The van der Waals surface area contributed by atoms with E-state index in [9.17, 15) is 9.35 Å². The molecule has 1 N–H and O–H groups in total. The molecule has 0 spiro atoms. The van der Waals surface area contributed by atoms with E-state index in [2.05, 4.69) is 48.0 Å². The molecule has 4 rings (SSSR count). The van der Waals surface area contributed by atoms with Crippen LogP contribution in [0.5, 0.6) is 5.75 Å². The number of aryl methyl sites for hydroxylation is 1. The summed E-state index contributed by atoms with van der Waals surface area (Å²) in [5.74, 6) is 1.10. The van der Waals surface area contributed by atoms with Crippen LogP contribution in [0.15, 0.2) is 71.1 Å². The van der Waals surface area contributed by atoms with Crippen molar-refractivity contribution in [2.75, 3.05) is 6.61 Å². The molecule has 0 saturated heterocycles. The predicted molar refractivity (Wildman–Crippen MR) is 162 cm³/mol. The van der Waals surface area contributed by atoms with Gasteiger partial charge in [0.25, 0.3) is 0 Å². The van der Waals surface area contributed by atoms with Gasteiger partial charge in [0.15, 0.2) is 0 Å². The molecule has 0 fully saturated rings. The van der Waals surface area contributed by atoms with E-state index in [0.29, 0.717) is 19.0 Å². The van der Waals surface area contributed by atoms with Crippen molar-refractivity contribution in [2.24, 2.45) is 0 Å². The molecule has 6 nitrogen and oxygen atoms in total. The van der Waals surface area contributed by atoms with Gasteiger partial charge in [0.1, 0.15) is 34.5 Å². The zero-order chi connectivity index (χ0) is 28.9. The Morgan fingerprint density at radius 3 is 2.52 bits per heavy atom. The number of hydrogen-bond acceptors (Lipinski definition) is 6. The monoisotopic (exact) mass is 561 g/mol. The zero-order valence-corrected chi connectivity index (χ0v) is 25.0. The van der Waals surface area contributed by atoms with Crippen LogP contribution in [0, 0.1) is 0 Å². The average molecular weight is 562 g/mol. The second kappa shape index (κ2) is 12.9. The fourth-order valence-electron chi connectivity index (χ4n) is 4.42. The van der Waals surface area contributed by atoms with E-state index in [1.807, 2.05) is 58.0 Å². The fourth-order valence-corrected chi connectivity index (χ4v) is 5.21. The molecule has 3 aromatic carbocycles. The number of furan rings is 1. The number of carbonyl (C=O) groups is 1. The molecule has 0 radical (unpaired) electrons. The average Bonchev–Trinajstić information content (AvgIpc) is 3.36. The van der Waals surface area contributed by atoms with Gasteiger partial charge < -0.3 is 18.4 Å². The molecule has 1 unspecified atom stereocenters. The number of rotatable bonds is 11. The highest BCUT2D eigenvalue weighted by atomic mass is 32.2. The van der Waals surface area contributed by atoms with Gasteiger partial charge in [-0.15, -0.1) is 4.72 Å². The highest BCUT2D eigenvalue weighted by Gasteiger charge is 2.29. The molecule has 7 heteroatoms. The van der Waals surface area contributed by atoms with Gasteiger partial charge in [0.05, 0.1) is 13.0 Å². The highest BCUT2D eigenvalue weighted by molar-refractivity contribution is 7.90. The van der Waals surface area contributed by atoms with Crippen molar-refractivity contribution >= 4 is 28.3 Å². The van der Waals surface area contributed by atoms with Crippen LogP contribution in [-0.4, -0.2) is 21.9 Å². The Balaban J connectivity index is 1.69. The van der Waals surface area contributed by atoms with Crippen molar-refractivity contribution in [3.63, 3.8) is 0 Å². The lowest BCUT2D eigenvalue weighted by molar-refractivity contribution is -0.142. The topological polar surface area (TPSA) is 83.8 Å². The van der Waals surface area contributed by atoms with Crippen LogP contribution in [0.25, 0.3) is 22.1 Å². The summed E-state index contributed by atoms with van der Waals surface area (Å²) in [7, 11) is 0. The van der Waals surface area contributed by atoms with Gasteiger partial charge in [-0.3, -0.25) is 4.79 Å². The Morgan fingerprint density at radius 1 is 1.02 bits per heavy atom. The summed E-state index contributed by atoms with van der Waals surface area (Å²) < 4.78 is 33.3. The van der Waals surface area contributed by atoms with E-state index in [4.69, 9.17) is 13.9 Å². The number of esters is 1. The number of carbonyl (C=O) groups excluding carboxylic acids is 1. The van der Waals surface area contributed by atoms with Gasteiger partial charge in [-0.25, -0.2) is 0 Å². The molecular formula is C33H39NO5S. The van der Waals surface area contributed by atoms with Crippen molar-refractivity contribution in [3.05, 3.63) is 89.2 Å². The minimum absolute atomic E-state index is 0.157. The van der Waals surface area contributed by atoms with Crippen LogP contribution in [-0.2, 0) is 40.3 Å². The second-order valence-electron chi connectivity index (χ2n) is 10.9. The first-order valence-corrected chi connectivity index (χ1v) is 14.9. The first kappa shape index (κ1) is 29.7. The van der Waals surface area contributed by atoms with Crippen molar-refractivity contribution in [1.29, 1.82) is 0 Å². The normalized spacial score (nSPS) is 13.3. The van der Waals surface area contributed by atoms with E-state index in [1.165, 1.54) is 5.56 Å². The number of hydrogen-bond donors (Lipinski definition) is 1. The third-order valence-corrected chi connectivity index (χ3v) is 8.30. The Kier molecular flexibility index (Phi) is 9.61. The largest absolute Gasteiger partial charge is 0.598 e. The summed E-state index contributed by atoms with van der Waals surface area (Å²) in [4.78, 5) is 12.1. The molecule has 0 aliphatic heterocycles. The van der Waals surface area contributed by atoms with Crippen molar-refractivity contribution in [1.82, 2.24) is 4.72 Å². The van der Waals surface area contributed by atoms with Crippen LogP contribution in [0.3, 0.4) is 0 Å². The third-order valence-electron chi connectivity index (χ3n) is 6.62. The minimum atomic E-state index is -1.24. The smallest absolute Gasteiger partial charge is 0.310 e. The van der Waals surface area contributed by atoms with Crippen molar-refractivity contribution in [3.8, 4) is 16.9 Å². The van der Waals surface area contributed by atoms with Gasteiger partial charge in [0.2, 0.25) is 0 Å². The number of nitrogens with one attached hydrogen (secondary N) is 1. The summed E-state index contributed by atoms with van der Waals surface area (Å²) in [5, 5.41) is 0.947. The SMILES string of the molecule is CCOC(=O)Cc1ccccc1OCc1cc(-c2cccc(CC)c2)c2oc(C(C)N[S@+]([O-])C(C)(C)C)cc2c1. The number of ether oxygens (including phenoxy) is 2. The zero-order valence-electron chi connectivity index (χ0n) is 24.2. The van der Waals surface area contributed by atoms with Gasteiger partial charge in [-0.2, -0.15) is 0 Å². The lowest BCUT2D eigenvalue weighted by Crippen LogP contribution is -2.40. The summed E-state index contributed by atoms with van der Waals surface area (Å²) in [6.45, 7) is 12.4. The molecule has 0 aliphatic carbocycles. The summed E-state index contributed by atoms with van der Waals surface area (Å²) in [6.07, 6.45) is 1.09. The van der Waals surface area contributed by atoms with Crippen LogP contribution >= 0.6 is 0 Å². The molecule has 4 aromatic rings. The predicted octanol–water partition coefficient (Wildman–Crippen LogP) is 7.46. The summed E-state index contributed by atoms with van der Waals surface area (Å²) in [6, 6.07) is 21.9. The summed E-state index contributed by atoms with van der Waals surface area (Å²) >= 11 is -1.24. The standard InChI is InChI=1S/C33H39NO5S/c1-7-23-12-11-14-25(16-23)28-18-24(21-38-29-15-10-9-13-26(29)20-31(35)37-8-2)17-27-19-30(39-32(27)28)22(3)34-40(36)33(4,5)6/h9-19,22,34H,7-8,20-21H2,1-6H3/t22?,40-/m1/s1. The Bertz CT molecular complexity index is 1460. The number of fused-ring (bicyclic) bond motifs is 1. The Morgan fingerprint density at radius 2 is 1.80 bits per heavy atom. The van der Waals surface area contributed by atoms with Gasteiger partial charge in [0, 0.05) is 27.9 Å². The van der Waals surface area contributed by atoms with E-state index in [0.717, 1.165) is 45.4 Å². The van der Waals surface area contributed by atoms with Crippen LogP contribution in [0.2, 0.25) is 0 Å². The quantitative estimate of drug-likeness (QED) is 0.151. The maximum absolute atomic E-state index is 12.7. The summed E-state index contributed by atoms with van der Waals surface area (Å²) in [5.41, 5.74) is 5.82. The Hall–Kier alpha value is -3.26. The maximum Gasteiger partial charge on any atom is 0.310 e. The van der Waals surface area contributed by atoms with Gasteiger partial charge in [-0.05, 0) is 82.0 Å². The lowest BCUT2D eigenvalue weighted by Gasteiger charge is -2.25. The van der Waals surface area contributed by atoms with E-state index in [-0.39, 0.29) is 23.2 Å². The molecule has 1 aromatic heterocycles. The molecule has 1 heterocycles. The highest BCUT2D eigenvalue weighted by Crippen LogP contribution is 2.35. The first-order valence-electron chi connectivity index (χ1n) is 13.8. The number of benzene rings is 3. The van der Waals surface area contributed by atoms with Crippen LogP contribution in [0.4, 0.5) is 0 Å². The van der Waals surface area contributed by atoms with Crippen LogP contribution in [0.1, 0.15) is 70.0 Å². The minimum Gasteiger partial charge on any atom is -0.598 e. The van der Waals surface area contributed by atoms with Crippen molar-refractivity contribution in [2.45, 2.75) is 71.8 Å². The van der Waals surface area contributed by atoms with E-state index in [1.54, 1.807) is 6.92 Å². The molecule has 0 amide bonds. The molecule has 2 atom stereocenters. The van der Waals surface area contributed by atoms with E-state index < -0.39 is 11.4 Å². The fraction of sp³-hybridized carbons (Fsp3) is 0.364. The third kappa shape index (κ3) is 7.27. The molecule has 212 valence electrons.